The average molecular weight is 265 g/mol. The minimum atomic E-state index is 0.392. The van der Waals surface area contributed by atoms with E-state index in [1.807, 2.05) is 0 Å². The number of hydrogen-bond acceptors (Lipinski definition) is 1. The van der Waals surface area contributed by atoms with Gasteiger partial charge in [-0.15, -0.1) is 0 Å². The molecule has 3 rings (SSSR count). The Kier molecular flexibility index (Phi) is 3.88. The van der Waals surface area contributed by atoms with Gasteiger partial charge in [-0.1, -0.05) is 48.0 Å². The first-order valence-corrected chi connectivity index (χ1v) is 7.63. The summed E-state index contributed by atoms with van der Waals surface area (Å²) in [5.74, 6) is 0. The first kappa shape index (κ1) is 13.4. The van der Waals surface area contributed by atoms with Gasteiger partial charge >= 0.3 is 0 Å². The Morgan fingerprint density at radius 3 is 2.75 bits per heavy atom. The Morgan fingerprint density at radius 2 is 1.90 bits per heavy atom. The van der Waals surface area contributed by atoms with E-state index in [0.717, 1.165) is 6.54 Å². The van der Waals surface area contributed by atoms with Crippen molar-refractivity contribution in [3.63, 3.8) is 0 Å². The molecule has 0 saturated heterocycles. The first-order valence-electron chi connectivity index (χ1n) is 7.63. The minimum Gasteiger partial charge on any atom is -0.306 e. The molecule has 0 amide bonds. The highest BCUT2D eigenvalue weighted by Gasteiger charge is 2.11. The molecule has 0 heterocycles. The van der Waals surface area contributed by atoms with Gasteiger partial charge in [-0.3, -0.25) is 0 Å². The Hall–Kier alpha value is -1.60. The lowest BCUT2D eigenvalue weighted by Crippen LogP contribution is -2.18. The molecule has 1 nitrogen and oxygen atoms in total. The molecule has 1 heteroatoms. The number of benzene rings is 2. The highest BCUT2D eigenvalue weighted by molar-refractivity contribution is 5.35. The van der Waals surface area contributed by atoms with Crippen LogP contribution >= 0.6 is 0 Å². The van der Waals surface area contributed by atoms with Crippen LogP contribution in [0.1, 0.15) is 47.2 Å². The van der Waals surface area contributed by atoms with E-state index < -0.39 is 0 Å². The molecule has 1 N–H and O–H groups in total. The summed E-state index contributed by atoms with van der Waals surface area (Å²) in [5, 5.41) is 3.63. The summed E-state index contributed by atoms with van der Waals surface area (Å²) in [6, 6.07) is 16.1. The molecule has 0 saturated carbocycles. The Labute approximate surface area is 122 Å². The van der Waals surface area contributed by atoms with E-state index >= 15 is 0 Å². The summed E-state index contributed by atoms with van der Waals surface area (Å²) in [6.07, 6.45) is 3.85. The lowest BCUT2D eigenvalue weighted by atomic mass is 10.0. The SMILES string of the molecule is Cc1cccc([C@H](C)NCc2ccc3c(c2)CCC3)c1. The van der Waals surface area contributed by atoms with Crippen molar-refractivity contribution in [1.82, 2.24) is 5.32 Å². The predicted octanol–water partition coefficient (Wildman–Crippen LogP) is 4.33. The summed E-state index contributed by atoms with van der Waals surface area (Å²) in [7, 11) is 0. The van der Waals surface area contributed by atoms with Crippen molar-refractivity contribution in [2.45, 2.75) is 45.7 Å². The molecule has 1 aliphatic carbocycles. The fourth-order valence-electron chi connectivity index (χ4n) is 3.06. The summed E-state index contributed by atoms with van der Waals surface area (Å²) < 4.78 is 0. The Morgan fingerprint density at radius 1 is 1.05 bits per heavy atom. The van der Waals surface area contributed by atoms with Gasteiger partial charge in [0.1, 0.15) is 0 Å². The van der Waals surface area contributed by atoms with E-state index in [0.29, 0.717) is 6.04 Å². The van der Waals surface area contributed by atoms with Gasteiger partial charge in [0.05, 0.1) is 0 Å². The molecular weight excluding hydrogens is 242 g/mol. The highest BCUT2D eigenvalue weighted by atomic mass is 14.9. The predicted molar refractivity (Wildman–Crippen MR) is 84.9 cm³/mol. The van der Waals surface area contributed by atoms with Crippen LogP contribution in [0, 0.1) is 6.92 Å². The standard InChI is InChI=1S/C19H23N/c1-14-5-3-7-18(11-14)15(2)20-13-16-9-10-17-6-4-8-19(17)12-16/h3,5,7,9-12,15,20H,4,6,8,13H2,1-2H3/t15-/m0/s1. The molecule has 2 aromatic rings. The van der Waals surface area contributed by atoms with Gasteiger partial charge in [0.2, 0.25) is 0 Å². The van der Waals surface area contributed by atoms with Crippen LogP contribution < -0.4 is 5.32 Å². The van der Waals surface area contributed by atoms with Crippen molar-refractivity contribution in [2.75, 3.05) is 0 Å². The molecule has 0 spiro atoms. The fraction of sp³-hybridized carbons (Fsp3) is 0.368. The maximum atomic E-state index is 3.63. The zero-order valence-corrected chi connectivity index (χ0v) is 12.4. The number of fused-ring (bicyclic) bond motifs is 1. The molecule has 20 heavy (non-hydrogen) atoms. The third kappa shape index (κ3) is 2.94. The van der Waals surface area contributed by atoms with Crippen molar-refractivity contribution in [2.24, 2.45) is 0 Å². The van der Waals surface area contributed by atoms with Gasteiger partial charge in [0, 0.05) is 12.6 Å². The summed E-state index contributed by atoms with van der Waals surface area (Å²) in [4.78, 5) is 0. The second kappa shape index (κ2) is 5.80. The zero-order chi connectivity index (χ0) is 13.9. The lowest BCUT2D eigenvalue weighted by molar-refractivity contribution is 0.574. The molecule has 1 atom stereocenters. The lowest BCUT2D eigenvalue weighted by Gasteiger charge is -2.15. The van der Waals surface area contributed by atoms with E-state index in [4.69, 9.17) is 0 Å². The van der Waals surface area contributed by atoms with Gasteiger partial charge in [-0.25, -0.2) is 0 Å². The van der Waals surface area contributed by atoms with E-state index in [9.17, 15) is 0 Å². The first-order chi connectivity index (χ1) is 9.72. The normalized spacial score (nSPS) is 15.1. The van der Waals surface area contributed by atoms with Crippen LogP contribution in [0.5, 0.6) is 0 Å². The molecule has 2 aromatic carbocycles. The van der Waals surface area contributed by atoms with Crippen molar-refractivity contribution in [1.29, 1.82) is 0 Å². The van der Waals surface area contributed by atoms with Crippen molar-refractivity contribution in [3.8, 4) is 0 Å². The molecule has 1 aliphatic rings. The average Bonchev–Trinajstić information content (AvgIpc) is 2.92. The Bertz CT molecular complexity index is 600. The maximum absolute atomic E-state index is 3.63. The molecule has 0 aliphatic heterocycles. The van der Waals surface area contributed by atoms with Gasteiger partial charge in [-0.2, -0.15) is 0 Å². The topological polar surface area (TPSA) is 12.0 Å². The van der Waals surface area contributed by atoms with E-state index in [-0.39, 0.29) is 0 Å². The number of nitrogens with one attached hydrogen (secondary N) is 1. The quantitative estimate of drug-likeness (QED) is 0.867. The van der Waals surface area contributed by atoms with Crippen LogP contribution in [0.2, 0.25) is 0 Å². The van der Waals surface area contributed by atoms with E-state index in [1.54, 1.807) is 11.1 Å². The molecule has 0 unspecified atom stereocenters. The molecule has 0 radical (unpaired) electrons. The Balaban J connectivity index is 1.64. The molecule has 104 valence electrons. The van der Waals surface area contributed by atoms with Crippen LogP contribution in [-0.2, 0) is 19.4 Å². The van der Waals surface area contributed by atoms with E-state index in [2.05, 4.69) is 61.6 Å². The smallest absolute Gasteiger partial charge is 0.0295 e. The van der Waals surface area contributed by atoms with Crippen molar-refractivity contribution in [3.05, 3.63) is 70.3 Å². The summed E-state index contributed by atoms with van der Waals surface area (Å²) in [6.45, 7) is 5.33. The summed E-state index contributed by atoms with van der Waals surface area (Å²) in [5.41, 5.74) is 7.22. The maximum Gasteiger partial charge on any atom is 0.0295 e. The molecular formula is C19H23N. The highest BCUT2D eigenvalue weighted by Crippen LogP contribution is 2.23. The van der Waals surface area contributed by atoms with Crippen LogP contribution in [0.4, 0.5) is 0 Å². The zero-order valence-electron chi connectivity index (χ0n) is 12.4. The summed E-state index contributed by atoms with van der Waals surface area (Å²) >= 11 is 0. The van der Waals surface area contributed by atoms with Crippen molar-refractivity contribution < 1.29 is 0 Å². The van der Waals surface area contributed by atoms with E-state index in [1.165, 1.54) is 36.0 Å². The molecule has 0 fully saturated rings. The third-order valence-electron chi connectivity index (χ3n) is 4.32. The second-order valence-corrected chi connectivity index (χ2v) is 5.97. The third-order valence-corrected chi connectivity index (χ3v) is 4.32. The van der Waals surface area contributed by atoms with Gasteiger partial charge in [-0.05, 0) is 55.4 Å². The van der Waals surface area contributed by atoms with Crippen molar-refractivity contribution >= 4 is 0 Å². The monoisotopic (exact) mass is 265 g/mol. The van der Waals surface area contributed by atoms with Crippen LogP contribution in [-0.4, -0.2) is 0 Å². The van der Waals surface area contributed by atoms with Gasteiger partial charge in [0.15, 0.2) is 0 Å². The largest absolute Gasteiger partial charge is 0.306 e. The second-order valence-electron chi connectivity index (χ2n) is 5.97. The number of rotatable bonds is 4. The van der Waals surface area contributed by atoms with Crippen LogP contribution in [0.15, 0.2) is 42.5 Å². The fourth-order valence-corrected chi connectivity index (χ4v) is 3.06. The number of aryl methyl sites for hydroxylation is 3. The molecule has 0 aromatic heterocycles. The number of hydrogen-bond donors (Lipinski definition) is 1. The van der Waals surface area contributed by atoms with Gasteiger partial charge < -0.3 is 5.32 Å². The van der Waals surface area contributed by atoms with Crippen LogP contribution in [0.3, 0.4) is 0 Å². The minimum absolute atomic E-state index is 0.392. The molecule has 0 bridgehead atoms. The van der Waals surface area contributed by atoms with Gasteiger partial charge in [0.25, 0.3) is 0 Å². The van der Waals surface area contributed by atoms with Crippen LogP contribution in [0.25, 0.3) is 0 Å².